The number of fused-ring (bicyclic) bond motifs is 1. The molecule has 6 aromatic heterocycles. The number of nitrogens with zero attached hydrogens (tertiary/aromatic N) is 7. The third kappa shape index (κ3) is 12.6. The van der Waals surface area contributed by atoms with Crippen LogP contribution >= 0.6 is 23.6 Å². The standard InChI is InChI=1S/C27H29F3N3S.C16H11N3O2.CNS.Ru/c1-3-5-7-8-13-23-20-12-9-11-18(10-6-4-2)25(20)26(34-23)19-14-15-31-21(16-19)22-17-24(33-32-22)27(28,29)30;20-16(21)11-7-9-18-15(10-11)14-6-3-5-13(19-14)12-4-1-2-8-17-12;2-1-3;/h9,11-12,14-17H,3-8,10,13H2,1-2H3;1-10H,(H,20,21);;/q-1;;-1;+2. The number of hydrogen-bond acceptors (Lipinski definition) is 8. The Morgan fingerprint density at radius 2 is 1.47 bits per heavy atom. The van der Waals surface area contributed by atoms with Crippen molar-refractivity contribution in [3.63, 3.8) is 0 Å². The van der Waals surface area contributed by atoms with E-state index in [2.05, 4.69) is 74.4 Å². The predicted octanol–water partition coefficient (Wildman–Crippen LogP) is 12.0. The maximum atomic E-state index is 13.0. The molecule has 1 N–H and O–H groups in total. The molecule has 1 aromatic carbocycles. The number of thiocarbonyl (C=S) groups is 1. The normalized spacial score (nSPS) is 10.7. The minimum absolute atomic E-state index is 0. The number of aromatic carboxylic acids is 1. The zero-order valence-electron chi connectivity index (χ0n) is 32.3. The topological polar surface area (TPSA) is 138 Å². The summed E-state index contributed by atoms with van der Waals surface area (Å²) in [6.45, 7) is 4.41. The van der Waals surface area contributed by atoms with Crippen molar-refractivity contribution in [2.45, 2.75) is 71.4 Å². The fraction of sp³-hybridized carbons (Fsp3) is 0.250. The monoisotopic (exact) mass is 921 g/mol. The first-order valence-corrected chi connectivity index (χ1v) is 20.0. The number of carbonyl (C=O) groups is 1. The molecule has 59 heavy (non-hydrogen) atoms. The first-order valence-electron chi connectivity index (χ1n) is 18.7. The van der Waals surface area contributed by atoms with Gasteiger partial charge in [0.25, 0.3) is 0 Å². The van der Waals surface area contributed by atoms with E-state index in [-0.39, 0.29) is 30.7 Å². The Labute approximate surface area is 362 Å². The molecule has 0 fully saturated rings. The van der Waals surface area contributed by atoms with E-state index >= 15 is 0 Å². The zero-order chi connectivity index (χ0) is 41.5. The van der Waals surface area contributed by atoms with Crippen LogP contribution in [0.2, 0.25) is 0 Å². The average molecular weight is 921 g/mol. The molecule has 0 aliphatic carbocycles. The second kappa shape index (κ2) is 22.7. The van der Waals surface area contributed by atoms with Crippen molar-refractivity contribution >= 4 is 45.5 Å². The van der Waals surface area contributed by atoms with Gasteiger partial charge in [-0.3, -0.25) is 15.0 Å². The molecule has 6 heterocycles. The van der Waals surface area contributed by atoms with Crippen LogP contribution in [0.4, 0.5) is 13.2 Å². The summed E-state index contributed by atoms with van der Waals surface area (Å²) in [6.07, 6.45) is 9.41. The Kier molecular flexibility index (Phi) is 17.9. The fourth-order valence-corrected chi connectivity index (χ4v) is 7.58. The second-order valence-electron chi connectivity index (χ2n) is 13.1. The van der Waals surface area contributed by atoms with E-state index in [1.165, 1.54) is 64.0 Å². The van der Waals surface area contributed by atoms with Crippen LogP contribution in [0.25, 0.3) is 60.8 Å². The molecule has 0 atom stereocenters. The Hall–Kier alpha value is -5.33. The molecule has 0 unspecified atom stereocenters. The molecule has 0 spiro atoms. The van der Waals surface area contributed by atoms with Crippen LogP contribution in [0.15, 0.2) is 104 Å². The number of carboxylic acid groups (broad SMARTS) is 1. The summed E-state index contributed by atoms with van der Waals surface area (Å²) in [5, 5.41) is 27.1. The molecule has 0 amide bonds. The van der Waals surface area contributed by atoms with Gasteiger partial charge < -0.3 is 20.7 Å². The SMILES string of the molecule is CCCCCCc1sc(-c2ccnc(-c3cc(C(F)(F)F)n[n-]3)c2)c2c(CCCC)cccc12.O=C(O)c1ccnc(-c2cccc(-c3ccccn3)n2)c1.[N-]=C=S.[Ru+2]. The van der Waals surface area contributed by atoms with Gasteiger partial charge in [-0.05, 0) is 96.8 Å². The van der Waals surface area contributed by atoms with E-state index in [9.17, 15) is 18.0 Å². The van der Waals surface area contributed by atoms with Gasteiger partial charge >= 0.3 is 31.6 Å². The average Bonchev–Trinajstić information content (AvgIpc) is 3.90. The van der Waals surface area contributed by atoms with Crippen LogP contribution in [0.5, 0.6) is 0 Å². The summed E-state index contributed by atoms with van der Waals surface area (Å²) in [4.78, 5) is 30.8. The first-order chi connectivity index (χ1) is 28.1. The third-order valence-electron chi connectivity index (χ3n) is 9.02. The van der Waals surface area contributed by atoms with Crippen LogP contribution < -0.4 is 5.10 Å². The van der Waals surface area contributed by atoms with Crippen molar-refractivity contribution in [1.29, 1.82) is 0 Å². The van der Waals surface area contributed by atoms with E-state index in [0.717, 1.165) is 60.0 Å². The number of benzene rings is 1. The van der Waals surface area contributed by atoms with Crippen molar-refractivity contribution in [3.8, 4) is 44.6 Å². The molecule has 7 rings (SSSR count). The Balaban J connectivity index is 0.000000263. The van der Waals surface area contributed by atoms with E-state index in [4.69, 9.17) is 10.5 Å². The van der Waals surface area contributed by atoms with Crippen molar-refractivity contribution in [3.05, 3.63) is 131 Å². The van der Waals surface area contributed by atoms with Crippen LogP contribution in [-0.4, -0.2) is 41.3 Å². The summed E-state index contributed by atoms with van der Waals surface area (Å²) in [6, 6.07) is 25.4. The van der Waals surface area contributed by atoms with E-state index in [0.29, 0.717) is 17.1 Å². The molecule has 0 bridgehead atoms. The Morgan fingerprint density at radius 1 is 0.797 bits per heavy atom. The number of aryl methyl sites for hydroxylation is 2. The van der Waals surface area contributed by atoms with Crippen LogP contribution in [0, 0.1) is 0 Å². The number of aromatic nitrogens is 6. The molecule has 304 valence electrons. The van der Waals surface area contributed by atoms with E-state index < -0.39 is 17.8 Å². The maximum Gasteiger partial charge on any atom is 2.00 e. The molecule has 0 radical (unpaired) electrons. The summed E-state index contributed by atoms with van der Waals surface area (Å²) in [7, 11) is 0. The molecule has 0 saturated carbocycles. The molecular formula is C44H40F3N7O2RuS2. The maximum absolute atomic E-state index is 13.0. The number of pyridine rings is 4. The van der Waals surface area contributed by atoms with E-state index in [1.807, 2.05) is 42.5 Å². The van der Waals surface area contributed by atoms with E-state index in [1.54, 1.807) is 29.8 Å². The number of unbranched alkanes of at least 4 members (excludes halogenated alkanes) is 4. The van der Waals surface area contributed by atoms with Gasteiger partial charge in [0.15, 0.2) is 0 Å². The summed E-state index contributed by atoms with van der Waals surface area (Å²) in [5.74, 6) is -0.987. The van der Waals surface area contributed by atoms with Crippen molar-refractivity contribution in [2.24, 2.45) is 0 Å². The minimum Gasteiger partial charge on any atom is -0.753 e. The Bertz CT molecular complexity index is 2470. The summed E-state index contributed by atoms with van der Waals surface area (Å²) >= 11 is 5.50. The van der Waals surface area contributed by atoms with Crippen LogP contribution in [0.1, 0.15) is 78.9 Å². The molecule has 0 aliphatic heterocycles. The van der Waals surface area contributed by atoms with Crippen LogP contribution in [-0.2, 0) is 38.5 Å². The van der Waals surface area contributed by atoms with Gasteiger partial charge in [0.05, 0.1) is 34.0 Å². The number of alkyl halides is 3. The van der Waals surface area contributed by atoms with Crippen molar-refractivity contribution in [1.82, 2.24) is 30.1 Å². The fourth-order valence-electron chi connectivity index (χ4n) is 6.22. The number of hydrogen-bond donors (Lipinski definition) is 1. The summed E-state index contributed by atoms with van der Waals surface area (Å²) < 4.78 is 39.0. The number of carboxylic acids is 1. The van der Waals surface area contributed by atoms with Gasteiger partial charge in [-0.2, -0.15) is 18.3 Å². The van der Waals surface area contributed by atoms with Crippen molar-refractivity contribution in [2.75, 3.05) is 0 Å². The second-order valence-corrected chi connectivity index (χ2v) is 14.4. The molecule has 0 aliphatic rings. The third-order valence-corrected chi connectivity index (χ3v) is 10.3. The molecule has 7 aromatic rings. The van der Waals surface area contributed by atoms with Crippen LogP contribution in [0.3, 0.4) is 0 Å². The largest absolute Gasteiger partial charge is 2.00 e. The molecular weight excluding hydrogens is 881 g/mol. The number of thiophene rings is 1. The number of isothiocyanates is 1. The predicted molar refractivity (Wildman–Crippen MR) is 227 cm³/mol. The molecule has 15 heteroatoms. The first kappa shape index (κ1) is 46.4. The van der Waals surface area contributed by atoms with Gasteiger partial charge in [-0.15, -0.1) is 11.3 Å². The molecule has 9 nitrogen and oxygen atoms in total. The van der Waals surface area contributed by atoms with Gasteiger partial charge in [0.1, 0.15) is 5.69 Å². The zero-order valence-corrected chi connectivity index (χ0v) is 35.6. The van der Waals surface area contributed by atoms with Crippen molar-refractivity contribution < 1.29 is 42.6 Å². The van der Waals surface area contributed by atoms with Gasteiger partial charge in [0.2, 0.25) is 0 Å². The van der Waals surface area contributed by atoms with Gasteiger partial charge in [-0.1, -0.05) is 87.8 Å². The smallest absolute Gasteiger partial charge is 0.753 e. The number of rotatable bonds is 13. The number of halogens is 3. The quantitative estimate of drug-likeness (QED) is 0.0518. The summed E-state index contributed by atoms with van der Waals surface area (Å²) in [5.41, 5.74) is 4.63. The van der Waals surface area contributed by atoms with Gasteiger partial charge in [-0.25, -0.2) is 9.78 Å². The minimum atomic E-state index is -4.52. The molecule has 0 saturated heterocycles. The van der Waals surface area contributed by atoms with Gasteiger partial charge in [0, 0.05) is 33.7 Å². The Morgan fingerprint density at radius 3 is 2.15 bits per heavy atom.